The van der Waals surface area contributed by atoms with Gasteiger partial charge in [-0.05, 0) is 30.5 Å². The predicted molar refractivity (Wildman–Crippen MR) is 87.7 cm³/mol. The van der Waals surface area contributed by atoms with Crippen molar-refractivity contribution in [1.82, 2.24) is 0 Å². The number of nitro benzene ring substituents is 1. The first-order valence-electron chi connectivity index (χ1n) is 7.90. The summed E-state index contributed by atoms with van der Waals surface area (Å²) in [6.07, 6.45) is 1.57. The molecule has 2 aliphatic rings. The SMILES string of the molecule is O=C1N(c2ccc([N+](=O)[O-])cc2)C(c2ccccc2)C12CCCO2. The highest BCUT2D eigenvalue weighted by Gasteiger charge is 2.64. The Hall–Kier alpha value is -2.73. The molecule has 24 heavy (non-hydrogen) atoms. The highest BCUT2D eigenvalue weighted by Crippen LogP contribution is 2.52. The van der Waals surface area contributed by atoms with Crippen molar-refractivity contribution in [2.24, 2.45) is 0 Å². The van der Waals surface area contributed by atoms with Crippen molar-refractivity contribution >= 4 is 17.3 Å². The lowest BCUT2D eigenvalue weighted by molar-refractivity contribution is -0.384. The van der Waals surface area contributed by atoms with Gasteiger partial charge in [0.25, 0.3) is 11.6 Å². The number of hydrogen-bond acceptors (Lipinski definition) is 4. The molecule has 2 aliphatic heterocycles. The van der Waals surface area contributed by atoms with E-state index in [1.165, 1.54) is 12.1 Å². The Kier molecular flexibility index (Phi) is 3.35. The van der Waals surface area contributed by atoms with E-state index in [0.717, 1.165) is 12.0 Å². The van der Waals surface area contributed by atoms with Gasteiger partial charge < -0.3 is 4.74 Å². The minimum Gasteiger partial charge on any atom is -0.363 e. The van der Waals surface area contributed by atoms with E-state index in [1.807, 2.05) is 30.3 Å². The zero-order valence-electron chi connectivity index (χ0n) is 12.9. The van der Waals surface area contributed by atoms with Crippen LogP contribution in [0.3, 0.4) is 0 Å². The molecule has 2 aromatic carbocycles. The monoisotopic (exact) mass is 324 g/mol. The maximum absolute atomic E-state index is 12.9. The molecule has 2 aromatic rings. The molecule has 0 aliphatic carbocycles. The third-order valence-corrected chi connectivity index (χ3v) is 4.79. The fourth-order valence-corrected chi connectivity index (χ4v) is 3.68. The number of amides is 1. The summed E-state index contributed by atoms with van der Waals surface area (Å²) in [6, 6.07) is 15.7. The fourth-order valence-electron chi connectivity index (χ4n) is 3.68. The van der Waals surface area contributed by atoms with Gasteiger partial charge in [-0.15, -0.1) is 0 Å². The molecule has 0 radical (unpaired) electrons. The standard InChI is InChI=1S/C18H16N2O4/c21-17-18(11-4-12-24-18)16(13-5-2-1-3-6-13)19(17)14-7-9-15(10-8-14)20(22)23/h1-3,5-10,16H,4,11-12H2. The minimum absolute atomic E-state index is 0.00909. The summed E-state index contributed by atoms with van der Waals surface area (Å²) in [6.45, 7) is 0.586. The van der Waals surface area contributed by atoms with Crippen LogP contribution >= 0.6 is 0 Å². The molecule has 2 unspecified atom stereocenters. The third kappa shape index (κ3) is 2.03. The zero-order chi connectivity index (χ0) is 16.7. The largest absolute Gasteiger partial charge is 0.363 e. The lowest BCUT2D eigenvalue weighted by Crippen LogP contribution is -2.68. The van der Waals surface area contributed by atoms with E-state index in [-0.39, 0.29) is 17.6 Å². The molecule has 2 saturated heterocycles. The molecule has 2 atom stereocenters. The molecule has 0 bridgehead atoms. The van der Waals surface area contributed by atoms with Crippen LogP contribution in [0.2, 0.25) is 0 Å². The number of nitrogens with zero attached hydrogens (tertiary/aromatic N) is 2. The number of rotatable bonds is 3. The summed E-state index contributed by atoms with van der Waals surface area (Å²) in [4.78, 5) is 24.9. The second-order valence-corrected chi connectivity index (χ2v) is 6.10. The van der Waals surface area contributed by atoms with E-state index >= 15 is 0 Å². The normalized spacial score (nSPS) is 25.8. The topological polar surface area (TPSA) is 72.7 Å². The molecule has 0 N–H and O–H groups in total. The molecular weight excluding hydrogens is 308 g/mol. The summed E-state index contributed by atoms with van der Waals surface area (Å²) in [5, 5.41) is 10.8. The average molecular weight is 324 g/mol. The van der Waals surface area contributed by atoms with E-state index < -0.39 is 10.5 Å². The molecule has 0 saturated carbocycles. The summed E-state index contributed by atoms with van der Waals surface area (Å²) >= 11 is 0. The molecule has 1 amide bonds. The van der Waals surface area contributed by atoms with Crippen LogP contribution in [-0.2, 0) is 9.53 Å². The number of nitro groups is 1. The molecular formula is C18H16N2O4. The van der Waals surface area contributed by atoms with E-state index in [4.69, 9.17) is 4.74 Å². The lowest BCUT2D eigenvalue weighted by atomic mass is 9.75. The van der Waals surface area contributed by atoms with Crippen molar-refractivity contribution in [3.63, 3.8) is 0 Å². The van der Waals surface area contributed by atoms with Crippen LogP contribution in [0.25, 0.3) is 0 Å². The van der Waals surface area contributed by atoms with Gasteiger partial charge in [0.1, 0.15) is 6.04 Å². The number of carbonyl (C=O) groups excluding carboxylic acids is 1. The van der Waals surface area contributed by atoms with Crippen LogP contribution < -0.4 is 4.90 Å². The first-order valence-corrected chi connectivity index (χ1v) is 7.90. The minimum atomic E-state index is -0.789. The Morgan fingerprint density at radius 2 is 1.83 bits per heavy atom. The molecule has 2 heterocycles. The molecule has 6 nitrogen and oxygen atoms in total. The van der Waals surface area contributed by atoms with Gasteiger partial charge in [-0.3, -0.25) is 19.8 Å². The molecule has 6 heteroatoms. The van der Waals surface area contributed by atoms with E-state index in [2.05, 4.69) is 0 Å². The quantitative estimate of drug-likeness (QED) is 0.493. The second kappa shape index (κ2) is 5.42. The summed E-state index contributed by atoms with van der Waals surface area (Å²) < 4.78 is 5.87. The van der Waals surface area contributed by atoms with Gasteiger partial charge in [-0.25, -0.2) is 0 Å². The highest BCUT2D eigenvalue weighted by molar-refractivity contribution is 6.08. The highest BCUT2D eigenvalue weighted by atomic mass is 16.6. The first-order chi connectivity index (χ1) is 11.6. The first kappa shape index (κ1) is 14.8. The summed E-state index contributed by atoms with van der Waals surface area (Å²) in [7, 11) is 0. The number of non-ortho nitro benzene ring substituents is 1. The Bertz CT molecular complexity index is 782. The maximum Gasteiger partial charge on any atom is 0.269 e. The molecule has 2 fully saturated rings. The molecule has 0 aromatic heterocycles. The van der Waals surface area contributed by atoms with Gasteiger partial charge in [0.15, 0.2) is 5.60 Å². The molecule has 1 spiro atoms. The van der Waals surface area contributed by atoms with Crippen molar-refractivity contribution in [3.8, 4) is 0 Å². The number of β-lactam (4-membered cyclic amide) rings is 1. The van der Waals surface area contributed by atoms with Gasteiger partial charge >= 0.3 is 0 Å². The van der Waals surface area contributed by atoms with E-state index in [9.17, 15) is 14.9 Å². The van der Waals surface area contributed by atoms with Crippen molar-refractivity contribution in [2.75, 3.05) is 11.5 Å². The van der Waals surface area contributed by atoms with Crippen LogP contribution in [0.1, 0.15) is 24.4 Å². The zero-order valence-corrected chi connectivity index (χ0v) is 12.9. The number of ether oxygens (including phenoxy) is 1. The Labute approximate surface area is 138 Å². The van der Waals surface area contributed by atoms with Gasteiger partial charge in [-0.1, -0.05) is 30.3 Å². The van der Waals surface area contributed by atoms with Crippen LogP contribution in [0.15, 0.2) is 54.6 Å². The van der Waals surface area contributed by atoms with Gasteiger partial charge in [-0.2, -0.15) is 0 Å². The van der Waals surface area contributed by atoms with E-state index in [1.54, 1.807) is 17.0 Å². The maximum atomic E-state index is 12.9. The number of hydrogen-bond donors (Lipinski definition) is 0. The van der Waals surface area contributed by atoms with Crippen LogP contribution in [0, 0.1) is 10.1 Å². The Morgan fingerprint density at radius 3 is 2.42 bits per heavy atom. The number of anilines is 1. The molecule has 122 valence electrons. The van der Waals surface area contributed by atoms with Crippen molar-refractivity contribution in [2.45, 2.75) is 24.5 Å². The Morgan fingerprint density at radius 1 is 1.12 bits per heavy atom. The van der Waals surface area contributed by atoms with Crippen LogP contribution in [0.4, 0.5) is 11.4 Å². The second-order valence-electron chi connectivity index (χ2n) is 6.10. The average Bonchev–Trinajstić information content (AvgIpc) is 3.12. The van der Waals surface area contributed by atoms with E-state index in [0.29, 0.717) is 18.7 Å². The summed E-state index contributed by atoms with van der Waals surface area (Å²) in [5.41, 5.74) is 0.885. The van der Waals surface area contributed by atoms with Gasteiger partial charge in [0.2, 0.25) is 0 Å². The predicted octanol–water partition coefficient (Wildman–Crippen LogP) is 3.23. The van der Waals surface area contributed by atoms with Crippen LogP contribution in [0.5, 0.6) is 0 Å². The van der Waals surface area contributed by atoms with Crippen molar-refractivity contribution in [1.29, 1.82) is 0 Å². The fraction of sp³-hybridized carbons (Fsp3) is 0.278. The lowest BCUT2D eigenvalue weighted by Gasteiger charge is -2.53. The van der Waals surface area contributed by atoms with Crippen molar-refractivity contribution < 1.29 is 14.5 Å². The van der Waals surface area contributed by atoms with Gasteiger partial charge in [0.05, 0.1) is 4.92 Å². The summed E-state index contributed by atoms with van der Waals surface area (Å²) in [5.74, 6) is -0.0669. The Balaban J connectivity index is 1.74. The smallest absolute Gasteiger partial charge is 0.269 e. The third-order valence-electron chi connectivity index (χ3n) is 4.79. The number of benzene rings is 2. The van der Waals surface area contributed by atoms with Crippen LogP contribution in [-0.4, -0.2) is 23.0 Å². The van der Waals surface area contributed by atoms with Gasteiger partial charge in [0, 0.05) is 24.4 Å². The van der Waals surface area contributed by atoms with Crippen molar-refractivity contribution in [3.05, 3.63) is 70.3 Å². The molecule has 4 rings (SSSR count). The number of carbonyl (C=O) groups is 1.